The number of carbonyl (C=O) groups is 2. The molecule has 126 valence electrons. The van der Waals surface area contributed by atoms with Gasteiger partial charge in [-0.3, -0.25) is 4.79 Å². The van der Waals surface area contributed by atoms with Gasteiger partial charge in [-0.2, -0.15) is 0 Å². The fraction of sp³-hybridized carbons (Fsp3) is 0.500. The zero-order chi connectivity index (χ0) is 17.0. The molecule has 1 fully saturated rings. The van der Waals surface area contributed by atoms with Gasteiger partial charge in [0.05, 0.1) is 24.9 Å². The first-order chi connectivity index (χ1) is 11.0. The van der Waals surface area contributed by atoms with Crippen LogP contribution in [-0.4, -0.2) is 26.1 Å². The number of anilines is 1. The van der Waals surface area contributed by atoms with Crippen molar-refractivity contribution < 1.29 is 24.2 Å². The van der Waals surface area contributed by atoms with Gasteiger partial charge in [0.25, 0.3) is 0 Å². The van der Waals surface area contributed by atoms with Gasteiger partial charge in [0.1, 0.15) is 11.5 Å². The summed E-state index contributed by atoms with van der Waals surface area (Å²) in [5.41, 5.74) is 0.381. The molecular formula is C16H19ClNO5-. The van der Waals surface area contributed by atoms with Gasteiger partial charge in [0.15, 0.2) is 0 Å². The summed E-state index contributed by atoms with van der Waals surface area (Å²) in [6.07, 6.45) is 2.60. The Morgan fingerprint density at radius 2 is 1.74 bits per heavy atom. The molecule has 1 N–H and O–H groups in total. The molecule has 0 saturated heterocycles. The second-order valence-electron chi connectivity index (χ2n) is 5.49. The lowest BCUT2D eigenvalue weighted by molar-refractivity contribution is -0.313. The van der Waals surface area contributed by atoms with Crippen LogP contribution in [0.3, 0.4) is 0 Å². The topological polar surface area (TPSA) is 87.7 Å². The maximum atomic E-state index is 12.5. The van der Waals surface area contributed by atoms with Crippen LogP contribution in [0.1, 0.15) is 25.7 Å². The highest BCUT2D eigenvalue weighted by Crippen LogP contribution is 2.37. The summed E-state index contributed by atoms with van der Waals surface area (Å²) in [4.78, 5) is 23.7. The summed E-state index contributed by atoms with van der Waals surface area (Å²) in [5, 5.41) is 14.3. The summed E-state index contributed by atoms with van der Waals surface area (Å²) >= 11 is 6.07. The molecule has 2 atom stereocenters. The van der Waals surface area contributed by atoms with Crippen molar-refractivity contribution in [3.05, 3.63) is 17.2 Å². The van der Waals surface area contributed by atoms with Crippen molar-refractivity contribution in [1.29, 1.82) is 0 Å². The minimum absolute atomic E-state index is 0.323. The van der Waals surface area contributed by atoms with Crippen LogP contribution in [0, 0.1) is 11.8 Å². The molecular weight excluding hydrogens is 322 g/mol. The largest absolute Gasteiger partial charge is 0.550 e. The van der Waals surface area contributed by atoms with Crippen LogP contribution < -0.4 is 19.9 Å². The van der Waals surface area contributed by atoms with E-state index in [9.17, 15) is 14.7 Å². The van der Waals surface area contributed by atoms with Gasteiger partial charge in [0, 0.05) is 23.9 Å². The fourth-order valence-electron chi connectivity index (χ4n) is 2.91. The summed E-state index contributed by atoms with van der Waals surface area (Å²) in [6, 6.07) is 3.09. The third-order valence-electron chi connectivity index (χ3n) is 4.14. The number of benzene rings is 1. The second kappa shape index (κ2) is 7.55. The quantitative estimate of drug-likeness (QED) is 0.883. The first-order valence-corrected chi connectivity index (χ1v) is 7.79. The molecule has 2 rings (SSSR count). The van der Waals surface area contributed by atoms with Crippen molar-refractivity contribution >= 4 is 29.2 Å². The van der Waals surface area contributed by atoms with E-state index in [0.717, 1.165) is 12.8 Å². The van der Waals surface area contributed by atoms with Gasteiger partial charge in [-0.1, -0.05) is 24.4 Å². The molecule has 0 bridgehead atoms. The monoisotopic (exact) mass is 340 g/mol. The SMILES string of the molecule is COc1cc(OC)c(NC(=O)[C@@H]2CCCC[C@H]2C(=O)[O-])cc1Cl. The molecule has 0 heterocycles. The van der Waals surface area contributed by atoms with E-state index in [0.29, 0.717) is 35.1 Å². The summed E-state index contributed by atoms with van der Waals surface area (Å²) in [5.74, 6) is -2.10. The number of amides is 1. The Morgan fingerprint density at radius 3 is 2.30 bits per heavy atom. The average molecular weight is 341 g/mol. The number of rotatable bonds is 5. The average Bonchev–Trinajstić information content (AvgIpc) is 2.55. The van der Waals surface area contributed by atoms with Gasteiger partial charge in [-0.15, -0.1) is 0 Å². The maximum absolute atomic E-state index is 12.5. The first-order valence-electron chi connectivity index (χ1n) is 7.41. The highest BCUT2D eigenvalue weighted by molar-refractivity contribution is 6.32. The van der Waals surface area contributed by atoms with Crippen LogP contribution in [0.5, 0.6) is 11.5 Å². The van der Waals surface area contributed by atoms with E-state index >= 15 is 0 Å². The van der Waals surface area contributed by atoms with E-state index in [2.05, 4.69) is 5.32 Å². The number of carboxylic acids is 1. The number of methoxy groups -OCH3 is 2. The van der Waals surface area contributed by atoms with E-state index in [-0.39, 0.29) is 5.91 Å². The smallest absolute Gasteiger partial charge is 0.228 e. The fourth-order valence-corrected chi connectivity index (χ4v) is 3.15. The Balaban J connectivity index is 2.22. The van der Waals surface area contributed by atoms with E-state index < -0.39 is 17.8 Å². The molecule has 0 spiro atoms. The van der Waals surface area contributed by atoms with Crippen LogP contribution in [0.2, 0.25) is 5.02 Å². The molecule has 1 aromatic carbocycles. The van der Waals surface area contributed by atoms with E-state index in [1.807, 2.05) is 0 Å². The molecule has 6 nitrogen and oxygen atoms in total. The van der Waals surface area contributed by atoms with Gasteiger partial charge in [-0.25, -0.2) is 0 Å². The highest BCUT2D eigenvalue weighted by atomic mass is 35.5. The Kier molecular flexibility index (Phi) is 5.71. The van der Waals surface area contributed by atoms with Crippen LogP contribution >= 0.6 is 11.6 Å². The van der Waals surface area contributed by atoms with Crippen molar-refractivity contribution in [2.45, 2.75) is 25.7 Å². The molecule has 0 radical (unpaired) electrons. The lowest BCUT2D eigenvalue weighted by Crippen LogP contribution is -2.42. The molecule has 1 aliphatic carbocycles. The minimum Gasteiger partial charge on any atom is -0.550 e. The molecule has 1 aliphatic rings. The van der Waals surface area contributed by atoms with Crippen LogP contribution in [0.15, 0.2) is 12.1 Å². The van der Waals surface area contributed by atoms with Crippen LogP contribution in [-0.2, 0) is 9.59 Å². The molecule has 1 aromatic rings. The number of nitrogens with one attached hydrogen (secondary N) is 1. The third-order valence-corrected chi connectivity index (χ3v) is 4.43. The normalized spacial score (nSPS) is 20.7. The van der Waals surface area contributed by atoms with Gasteiger partial charge < -0.3 is 24.7 Å². The predicted octanol–water partition coefficient (Wildman–Crippen LogP) is 1.85. The molecule has 0 aliphatic heterocycles. The molecule has 0 unspecified atom stereocenters. The van der Waals surface area contributed by atoms with E-state index in [4.69, 9.17) is 21.1 Å². The zero-order valence-electron chi connectivity index (χ0n) is 13.1. The molecule has 1 amide bonds. The third kappa shape index (κ3) is 3.88. The zero-order valence-corrected chi connectivity index (χ0v) is 13.8. The van der Waals surface area contributed by atoms with Gasteiger partial charge in [0.2, 0.25) is 5.91 Å². The van der Waals surface area contributed by atoms with E-state index in [1.54, 1.807) is 6.07 Å². The maximum Gasteiger partial charge on any atom is 0.228 e. The molecule has 23 heavy (non-hydrogen) atoms. The highest BCUT2D eigenvalue weighted by Gasteiger charge is 2.32. The number of hydrogen-bond acceptors (Lipinski definition) is 5. The first kappa shape index (κ1) is 17.4. The molecule has 1 saturated carbocycles. The molecule has 0 aromatic heterocycles. The number of carboxylic acid groups (broad SMARTS) is 1. The Bertz CT molecular complexity index is 604. The molecule has 7 heteroatoms. The van der Waals surface area contributed by atoms with E-state index in [1.165, 1.54) is 20.3 Å². The van der Waals surface area contributed by atoms with Crippen molar-refractivity contribution in [2.75, 3.05) is 19.5 Å². The second-order valence-corrected chi connectivity index (χ2v) is 5.90. The Labute approximate surface area is 139 Å². The lowest BCUT2D eigenvalue weighted by atomic mass is 9.78. The summed E-state index contributed by atoms with van der Waals surface area (Å²) in [6.45, 7) is 0. The Morgan fingerprint density at radius 1 is 1.13 bits per heavy atom. The van der Waals surface area contributed by atoms with Crippen molar-refractivity contribution in [2.24, 2.45) is 11.8 Å². The number of hydrogen-bond donors (Lipinski definition) is 1. The van der Waals surface area contributed by atoms with Gasteiger partial charge >= 0.3 is 0 Å². The van der Waals surface area contributed by atoms with Crippen molar-refractivity contribution in [1.82, 2.24) is 0 Å². The lowest BCUT2D eigenvalue weighted by Gasteiger charge is -2.31. The number of halogens is 1. The van der Waals surface area contributed by atoms with Crippen molar-refractivity contribution in [3.8, 4) is 11.5 Å². The minimum atomic E-state index is -1.18. The number of aliphatic carboxylic acids is 1. The Hall–Kier alpha value is -1.95. The predicted molar refractivity (Wildman–Crippen MR) is 83.6 cm³/mol. The summed E-state index contributed by atoms with van der Waals surface area (Å²) in [7, 11) is 2.94. The van der Waals surface area contributed by atoms with Crippen LogP contribution in [0.4, 0.5) is 5.69 Å². The number of ether oxygens (including phenoxy) is 2. The summed E-state index contributed by atoms with van der Waals surface area (Å²) < 4.78 is 10.3. The van der Waals surface area contributed by atoms with Crippen LogP contribution in [0.25, 0.3) is 0 Å². The number of carbonyl (C=O) groups excluding carboxylic acids is 2. The van der Waals surface area contributed by atoms with Crippen molar-refractivity contribution in [3.63, 3.8) is 0 Å². The standard InChI is InChI=1S/C16H20ClNO5/c1-22-13-8-14(23-2)12(7-11(13)17)18-15(19)9-5-3-4-6-10(9)16(20)21/h7-10H,3-6H2,1-2H3,(H,18,19)(H,20,21)/p-1/t9-,10-/m1/s1. The van der Waals surface area contributed by atoms with Gasteiger partial charge in [-0.05, 0) is 18.9 Å².